The number of halogens is 3. The van der Waals surface area contributed by atoms with E-state index >= 15 is 0 Å². The average molecular weight is 445 g/mol. The summed E-state index contributed by atoms with van der Waals surface area (Å²) in [5, 5.41) is 11.2. The van der Waals surface area contributed by atoms with Crippen LogP contribution >= 0.6 is 0 Å². The maximum atomic E-state index is 13.2. The molecule has 170 valence electrons. The topological polar surface area (TPSA) is 62.5 Å². The van der Waals surface area contributed by atoms with Crippen molar-refractivity contribution in [2.24, 2.45) is 0 Å². The third-order valence-electron chi connectivity index (χ3n) is 6.13. The van der Waals surface area contributed by atoms with Gasteiger partial charge in [0.15, 0.2) is 5.65 Å². The van der Waals surface area contributed by atoms with Gasteiger partial charge < -0.3 is 5.32 Å². The average Bonchev–Trinajstić information content (AvgIpc) is 3.22. The highest BCUT2D eigenvalue weighted by atomic mass is 19.4. The molecule has 4 rings (SSSR count). The molecule has 1 fully saturated rings. The van der Waals surface area contributed by atoms with Crippen molar-refractivity contribution >= 4 is 17.2 Å². The lowest BCUT2D eigenvalue weighted by atomic mass is 9.96. The first kappa shape index (κ1) is 22.3. The fraction of sp³-hybridized carbons (Fsp3) is 0.435. The number of rotatable bonds is 5. The van der Waals surface area contributed by atoms with Crippen LogP contribution in [0, 0.1) is 0 Å². The van der Waals surface area contributed by atoms with Crippen molar-refractivity contribution in [1.29, 1.82) is 0 Å². The molecule has 3 heterocycles. The van der Waals surface area contributed by atoms with Crippen LogP contribution in [0.2, 0.25) is 0 Å². The number of nitrogens with zero attached hydrogens (tertiary/aromatic N) is 4. The maximum absolute atomic E-state index is 13.2. The number of carbonyl (C=O) groups excluding carboxylic acids is 1. The minimum Gasteiger partial charge on any atom is -0.325 e. The molecule has 2 atom stereocenters. The van der Waals surface area contributed by atoms with Gasteiger partial charge in [-0.25, -0.2) is 0 Å². The number of benzene rings is 1. The summed E-state index contributed by atoms with van der Waals surface area (Å²) in [5.41, 5.74) is 1.59. The Bertz CT molecular complexity index is 1090. The van der Waals surface area contributed by atoms with Crippen molar-refractivity contribution in [1.82, 2.24) is 19.5 Å². The Morgan fingerprint density at radius 2 is 1.94 bits per heavy atom. The summed E-state index contributed by atoms with van der Waals surface area (Å²) in [6, 6.07) is 9.73. The maximum Gasteiger partial charge on any atom is 0.417 e. The number of anilines is 1. The van der Waals surface area contributed by atoms with Crippen LogP contribution < -0.4 is 5.32 Å². The highest BCUT2D eigenvalue weighted by Gasteiger charge is 2.33. The molecule has 1 aliphatic heterocycles. The van der Waals surface area contributed by atoms with E-state index in [9.17, 15) is 18.0 Å². The molecule has 0 radical (unpaired) electrons. The van der Waals surface area contributed by atoms with Crippen LogP contribution in [-0.2, 0) is 17.4 Å². The first-order valence-corrected chi connectivity index (χ1v) is 10.8. The van der Waals surface area contributed by atoms with Crippen LogP contribution in [0.3, 0.4) is 0 Å². The molecule has 32 heavy (non-hydrogen) atoms. The molecule has 1 saturated heterocycles. The predicted molar refractivity (Wildman–Crippen MR) is 115 cm³/mol. The Morgan fingerprint density at radius 1 is 1.19 bits per heavy atom. The van der Waals surface area contributed by atoms with Crippen LogP contribution in [-0.4, -0.2) is 44.5 Å². The van der Waals surface area contributed by atoms with Gasteiger partial charge in [0.05, 0.1) is 11.6 Å². The van der Waals surface area contributed by atoms with Crippen LogP contribution in [0.25, 0.3) is 5.65 Å². The number of hydrogen-bond acceptors (Lipinski definition) is 4. The highest BCUT2D eigenvalue weighted by Crippen LogP contribution is 2.31. The molecule has 3 aromatic rings. The van der Waals surface area contributed by atoms with Gasteiger partial charge in [0.25, 0.3) is 0 Å². The fourth-order valence-electron chi connectivity index (χ4n) is 4.16. The van der Waals surface area contributed by atoms with E-state index in [-0.39, 0.29) is 17.9 Å². The molecule has 6 nitrogen and oxygen atoms in total. The summed E-state index contributed by atoms with van der Waals surface area (Å²) in [6.07, 6.45) is -0.848. The van der Waals surface area contributed by atoms with E-state index in [2.05, 4.69) is 27.3 Å². The van der Waals surface area contributed by atoms with Crippen molar-refractivity contribution < 1.29 is 18.0 Å². The number of carbonyl (C=O) groups is 1. The minimum absolute atomic E-state index is 0.110. The summed E-state index contributed by atoms with van der Waals surface area (Å²) in [4.78, 5) is 14.9. The van der Waals surface area contributed by atoms with Crippen molar-refractivity contribution in [2.45, 2.75) is 51.2 Å². The zero-order chi connectivity index (χ0) is 22.9. The summed E-state index contributed by atoms with van der Waals surface area (Å²) in [5.74, 6) is 0.278. The van der Waals surface area contributed by atoms with Crippen molar-refractivity contribution in [3.05, 3.63) is 59.5 Å². The van der Waals surface area contributed by atoms with E-state index in [1.165, 1.54) is 16.0 Å². The molecule has 0 saturated carbocycles. The van der Waals surface area contributed by atoms with E-state index in [0.29, 0.717) is 18.0 Å². The molecular formula is C23H26F3N5O. The highest BCUT2D eigenvalue weighted by molar-refractivity contribution is 5.94. The number of pyridine rings is 1. The van der Waals surface area contributed by atoms with Gasteiger partial charge in [-0.3, -0.25) is 14.1 Å². The normalized spacial score (nSPS) is 18.6. The van der Waals surface area contributed by atoms with Crippen molar-refractivity contribution in [3.8, 4) is 0 Å². The van der Waals surface area contributed by atoms with Gasteiger partial charge >= 0.3 is 6.18 Å². The third kappa shape index (κ3) is 4.62. The zero-order valence-corrected chi connectivity index (χ0v) is 18.1. The van der Waals surface area contributed by atoms with E-state index in [0.717, 1.165) is 43.8 Å². The number of hydrogen-bond donors (Lipinski definition) is 1. The minimum atomic E-state index is -4.43. The molecule has 0 spiro atoms. The number of fused-ring (bicyclic) bond motifs is 1. The Morgan fingerprint density at radius 3 is 2.62 bits per heavy atom. The standard InChI is InChI=1S/C23H26F3N5O/c1-3-16-6-9-19(10-7-16)27-22(32)15(2)30-12-4-5-17(13-30)21-29-28-20-11-8-18(14-31(20)21)23(24,25)26/h6-11,14-15,17H,3-5,12-13H2,1-2H3,(H,27,32). The second-order valence-electron chi connectivity index (χ2n) is 8.25. The third-order valence-corrected chi connectivity index (χ3v) is 6.13. The molecule has 2 unspecified atom stereocenters. The lowest BCUT2D eigenvalue weighted by molar-refractivity contribution is -0.137. The molecule has 9 heteroatoms. The first-order chi connectivity index (χ1) is 15.3. The SMILES string of the molecule is CCc1ccc(NC(=O)C(C)N2CCCC(c3nnc4ccc(C(F)(F)F)cn34)C2)cc1. The Labute approximate surface area is 184 Å². The second kappa shape index (κ2) is 8.90. The molecule has 2 aromatic heterocycles. The lowest BCUT2D eigenvalue weighted by Gasteiger charge is -2.35. The molecule has 1 aliphatic rings. The number of alkyl halides is 3. The predicted octanol–water partition coefficient (Wildman–Crippen LogP) is 4.52. The van der Waals surface area contributed by atoms with Crippen molar-refractivity contribution in [2.75, 3.05) is 18.4 Å². The molecule has 1 amide bonds. The molecule has 1 aromatic carbocycles. The van der Waals surface area contributed by atoms with Crippen LogP contribution in [0.5, 0.6) is 0 Å². The first-order valence-electron chi connectivity index (χ1n) is 10.8. The largest absolute Gasteiger partial charge is 0.417 e. The number of piperidine rings is 1. The summed E-state index contributed by atoms with van der Waals surface area (Å²) < 4.78 is 40.9. The fourth-order valence-corrected chi connectivity index (χ4v) is 4.16. The lowest BCUT2D eigenvalue weighted by Crippen LogP contribution is -2.46. The van der Waals surface area contributed by atoms with Gasteiger partial charge in [0.1, 0.15) is 5.82 Å². The van der Waals surface area contributed by atoms with E-state index in [1.807, 2.05) is 31.2 Å². The number of likely N-dealkylation sites (tertiary alicyclic amines) is 1. The number of nitrogens with one attached hydrogen (secondary N) is 1. The number of aromatic nitrogens is 3. The number of amides is 1. The van der Waals surface area contributed by atoms with Crippen LogP contribution in [0.15, 0.2) is 42.6 Å². The van der Waals surface area contributed by atoms with Crippen molar-refractivity contribution in [3.63, 3.8) is 0 Å². The quantitative estimate of drug-likeness (QED) is 0.628. The van der Waals surface area contributed by atoms with E-state index < -0.39 is 11.7 Å². The molecule has 0 bridgehead atoms. The van der Waals surface area contributed by atoms with Crippen LogP contribution in [0.4, 0.5) is 18.9 Å². The monoisotopic (exact) mass is 445 g/mol. The van der Waals surface area contributed by atoms with Gasteiger partial charge in [-0.05, 0) is 62.6 Å². The molecule has 0 aliphatic carbocycles. The van der Waals surface area contributed by atoms with Crippen LogP contribution in [0.1, 0.15) is 49.6 Å². The van der Waals surface area contributed by atoms with Gasteiger partial charge in [0.2, 0.25) is 5.91 Å². The molecular weight excluding hydrogens is 419 g/mol. The summed E-state index contributed by atoms with van der Waals surface area (Å²) >= 11 is 0. The van der Waals surface area contributed by atoms with E-state index in [1.54, 1.807) is 0 Å². The van der Waals surface area contributed by atoms with Gasteiger partial charge in [-0.1, -0.05) is 19.1 Å². The van der Waals surface area contributed by atoms with Gasteiger partial charge in [-0.15, -0.1) is 10.2 Å². The Kier molecular flexibility index (Phi) is 6.19. The van der Waals surface area contributed by atoms with E-state index in [4.69, 9.17) is 0 Å². The summed E-state index contributed by atoms with van der Waals surface area (Å²) in [6.45, 7) is 5.19. The zero-order valence-electron chi connectivity index (χ0n) is 18.1. The van der Waals surface area contributed by atoms with Gasteiger partial charge in [0, 0.05) is 24.3 Å². The second-order valence-corrected chi connectivity index (χ2v) is 8.25. The Hall–Kier alpha value is -2.94. The smallest absolute Gasteiger partial charge is 0.325 e. The summed E-state index contributed by atoms with van der Waals surface area (Å²) in [7, 11) is 0. The molecule has 1 N–H and O–H groups in total. The van der Waals surface area contributed by atoms with Gasteiger partial charge in [-0.2, -0.15) is 13.2 Å². The Balaban J connectivity index is 1.48. The number of aryl methyl sites for hydroxylation is 1.